The van der Waals surface area contributed by atoms with Gasteiger partial charge in [0.1, 0.15) is 12.4 Å². The van der Waals surface area contributed by atoms with Crippen LogP contribution in [-0.2, 0) is 17.8 Å². The Morgan fingerprint density at radius 3 is 2.50 bits per heavy atom. The van der Waals surface area contributed by atoms with E-state index in [1.165, 1.54) is 5.56 Å². The van der Waals surface area contributed by atoms with Crippen molar-refractivity contribution in [2.75, 3.05) is 45.3 Å². The molecular formula is C25H28N2O5. The first-order chi connectivity index (χ1) is 15.7. The van der Waals surface area contributed by atoms with Gasteiger partial charge in [-0.05, 0) is 48.4 Å². The van der Waals surface area contributed by atoms with Crippen molar-refractivity contribution in [2.24, 2.45) is 0 Å². The van der Waals surface area contributed by atoms with E-state index in [1.54, 1.807) is 19.2 Å². The minimum Gasteiger partial charge on any atom is -0.493 e. The van der Waals surface area contributed by atoms with Crippen molar-refractivity contribution in [3.05, 3.63) is 77.7 Å². The molecule has 0 unspecified atom stereocenters. The van der Waals surface area contributed by atoms with E-state index in [1.807, 2.05) is 48.5 Å². The lowest BCUT2D eigenvalue weighted by atomic mass is 10.1. The number of carbonyl (C=O) groups excluding carboxylic acids is 1. The molecule has 1 amide bonds. The molecule has 7 nitrogen and oxygen atoms in total. The number of methoxy groups -OCH3 is 1. The van der Waals surface area contributed by atoms with Crippen LogP contribution in [0.1, 0.15) is 21.9 Å². The Bertz CT molecular complexity index is 1010. The highest BCUT2D eigenvalue weighted by atomic mass is 16.5. The number of nitrogens with zero attached hydrogens (tertiary/aromatic N) is 1. The van der Waals surface area contributed by atoms with Crippen molar-refractivity contribution < 1.29 is 23.4 Å². The lowest BCUT2D eigenvalue weighted by Crippen LogP contribution is -2.37. The second-order valence-corrected chi connectivity index (χ2v) is 7.56. The Morgan fingerprint density at radius 1 is 1.00 bits per heavy atom. The quantitative estimate of drug-likeness (QED) is 0.547. The Kier molecular flexibility index (Phi) is 7.42. The van der Waals surface area contributed by atoms with E-state index in [9.17, 15) is 4.79 Å². The van der Waals surface area contributed by atoms with E-state index in [-0.39, 0.29) is 18.3 Å². The molecule has 0 bridgehead atoms. The zero-order valence-corrected chi connectivity index (χ0v) is 18.2. The predicted molar refractivity (Wildman–Crippen MR) is 121 cm³/mol. The summed E-state index contributed by atoms with van der Waals surface area (Å²) in [6.45, 7) is 4.82. The fourth-order valence-corrected chi connectivity index (χ4v) is 3.52. The molecular weight excluding hydrogens is 408 g/mol. The van der Waals surface area contributed by atoms with Crippen LogP contribution in [0.4, 0.5) is 5.69 Å². The molecule has 1 aliphatic rings. The number of hydrogen-bond acceptors (Lipinski definition) is 6. The maximum Gasteiger partial charge on any atom is 0.291 e. The Balaban J connectivity index is 1.27. The summed E-state index contributed by atoms with van der Waals surface area (Å²) >= 11 is 0. The van der Waals surface area contributed by atoms with Crippen molar-refractivity contribution in [2.45, 2.75) is 13.0 Å². The second-order valence-electron chi connectivity index (χ2n) is 7.56. The van der Waals surface area contributed by atoms with Gasteiger partial charge >= 0.3 is 0 Å². The van der Waals surface area contributed by atoms with Crippen LogP contribution >= 0.6 is 0 Å². The fourth-order valence-electron chi connectivity index (χ4n) is 3.52. The molecule has 1 fully saturated rings. The van der Waals surface area contributed by atoms with E-state index >= 15 is 0 Å². The van der Waals surface area contributed by atoms with Crippen LogP contribution in [0.15, 0.2) is 65.1 Å². The first-order valence-corrected chi connectivity index (χ1v) is 10.8. The predicted octanol–water partition coefficient (Wildman–Crippen LogP) is 3.99. The molecule has 168 valence electrons. The van der Waals surface area contributed by atoms with Crippen LogP contribution in [0.25, 0.3) is 0 Å². The smallest absolute Gasteiger partial charge is 0.291 e. The molecule has 32 heavy (non-hydrogen) atoms. The van der Waals surface area contributed by atoms with Crippen molar-refractivity contribution in [1.29, 1.82) is 0 Å². The van der Waals surface area contributed by atoms with Gasteiger partial charge in [0.15, 0.2) is 17.3 Å². The lowest BCUT2D eigenvalue weighted by Gasteiger charge is -2.26. The van der Waals surface area contributed by atoms with Crippen molar-refractivity contribution >= 4 is 11.6 Å². The summed E-state index contributed by atoms with van der Waals surface area (Å²) in [6, 6.07) is 18.7. The molecule has 0 aliphatic carbocycles. The van der Waals surface area contributed by atoms with Crippen molar-refractivity contribution in [1.82, 2.24) is 4.90 Å². The van der Waals surface area contributed by atoms with Gasteiger partial charge in [0.05, 0.1) is 20.3 Å². The number of nitrogens with one attached hydrogen (secondary N) is 1. The molecule has 2 heterocycles. The first kappa shape index (κ1) is 21.9. The van der Waals surface area contributed by atoms with Gasteiger partial charge in [-0.2, -0.15) is 0 Å². The standard InChI is InChI=1S/C25H28N2O5/c1-29-22-4-2-3-5-23(22)31-18-21-10-11-24(32-21)25(28)26-20-8-6-19(7-9-20)12-13-27-14-16-30-17-15-27/h2-11H,12-18H2,1H3,(H,26,28). The molecule has 1 N–H and O–H groups in total. The SMILES string of the molecule is COc1ccccc1OCc1ccc(C(=O)Nc2ccc(CCN3CCOCC3)cc2)o1. The van der Waals surface area contributed by atoms with Gasteiger partial charge in [-0.25, -0.2) is 0 Å². The molecule has 1 aromatic heterocycles. The average molecular weight is 437 g/mol. The highest BCUT2D eigenvalue weighted by Crippen LogP contribution is 2.27. The van der Waals surface area contributed by atoms with Gasteiger partial charge in [-0.3, -0.25) is 9.69 Å². The molecule has 1 saturated heterocycles. The summed E-state index contributed by atoms with van der Waals surface area (Å²) in [5, 5.41) is 2.88. The second kappa shape index (κ2) is 10.8. The average Bonchev–Trinajstić information content (AvgIpc) is 3.32. The summed E-state index contributed by atoms with van der Waals surface area (Å²) < 4.78 is 22.0. The molecule has 0 radical (unpaired) electrons. The van der Waals surface area contributed by atoms with Crippen LogP contribution < -0.4 is 14.8 Å². The van der Waals surface area contributed by atoms with E-state index in [0.29, 0.717) is 17.3 Å². The normalized spacial score (nSPS) is 14.2. The van der Waals surface area contributed by atoms with E-state index < -0.39 is 0 Å². The number of para-hydroxylation sites is 2. The highest BCUT2D eigenvalue weighted by molar-refractivity contribution is 6.02. The van der Waals surface area contributed by atoms with Gasteiger partial charge < -0.3 is 23.9 Å². The summed E-state index contributed by atoms with van der Waals surface area (Å²) in [6.07, 6.45) is 0.974. The number of rotatable bonds is 9. The van der Waals surface area contributed by atoms with Crippen LogP contribution in [0.5, 0.6) is 11.5 Å². The highest BCUT2D eigenvalue weighted by Gasteiger charge is 2.13. The Labute approximate surface area is 187 Å². The number of ether oxygens (including phenoxy) is 3. The van der Waals surface area contributed by atoms with Crippen molar-refractivity contribution in [3.8, 4) is 11.5 Å². The zero-order chi connectivity index (χ0) is 22.2. The summed E-state index contributed by atoms with van der Waals surface area (Å²) in [5.41, 5.74) is 1.97. The minimum absolute atomic E-state index is 0.200. The van der Waals surface area contributed by atoms with E-state index in [2.05, 4.69) is 10.2 Å². The number of furan rings is 1. The summed E-state index contributed by atoms with van der Waals surface area (Å²) in [5.74, 6) is 1.76. The maximum atomic E-state index is 12.5. The van der Waals surface area contributed by atoms with Gasteiger partial charge in [-0.15, -0.1) is 0 Å². The number of carbonyl (C=O) groups is 1. The topological polar surface area (TPSA) is 73.2 Å². The number of hydrogen-bond donors (Lipinski definition) is 1. The molecule has 2 aromatic carbocycles. The number of anilines is 1. The molecule has 7 heteroatoms. The van der Waals surface area contributed by atoms with E-state index in [0.717, 1.165) is 45.0 Å². The number of amides is 1. The van der Waals surface area contributed by atoms with Gasteiger partial charge in [-0.1, -0.05) is 24.3 Å². The van der Waals surface area contributed by atoms with E-state index in [4.69, 9.17) is 18.6 Å². The molecule has 1 aliphatic heterocycles. The fraction of sp³-hybridized carbons (Fsp3) is 0.320. The van der Waals surface area contributed by atoms with Crippen LogP contribution in [0.2, 0.25) is 0 Å². The van der Waals surface area contributed by atoms with Crippen LogP contribution in [0.3, 0.4) is 0 Å². The monoisotopic (exact) mass is 436 g/mol. The minimum atomic E-state index is -0.297. The number of benzene rings is 2. The van der Waals surface area contributed by atoms with Gasteiger partial charge in [0.2, 0.25) is 0 Å². The third-order valence-corrected chi connectivity index (χ3v) is 5.36. The first-order valence-electron chi connectivity index (χ1n) is 10.8. The zero-order valence-electron chi connectivity index (χ0n) is 18.2. The third-order valence-electron chi connectivity index (χ3n) is 5.36. The third kappa shape index (κ3) is 5.90. The molecule has 4 rings (SSSR count). The van der Waals surface area contributed by atoms with Gasteiger partial charge in [0.25, 0.3) is 5.91 Å². The maximum absolute atomic E-state index is 12.5. The molecule has 3 aromatic rings. The Hall–Kier alpha value is -3.29. The molecule has 0 saturated carbocycles. The summed E-state index contributed by atoms with van der Waals surface area (Å²) in [4.78, 5) is 14.9. The van der Waals surface area contributed by atoms with Gasteiger partial charge in [0, 0.05) is 25.3 Å². The Morgan fingerprint density at radius 2 is 1.75 bits per heavy atom. The molecule has 0 spiro atoms. The largest absolute Gasteiger partial charge is 0.493 e. The van der Waals surface area contributed by atoms with Crippen LogP contribution in [-0.4, -0.2) is 50.8 Å². The van der Waals surface area contributed by atoms with Crippen LogP contribution in [0, 0.1) is 0 Å². The molecule has 0 atom stereocenters. The number of morpholine rings is 1. The van der Waals surface area contributed by atoms with Crippen molar-refractivity contribution in [3.63, 3.8) is 0 Å². The summed E-state index contributed by atoms with van der Waals surface area (Å²) in [7, 11) is 1.59. The lowest BCUT2D eigenvalue weighted by molar-refractivity contribution is 0.0384.